The maximum absolute atomic E-state index is 13.1. The third kappa shape index (κ3) is 6.67. The Balaban J connectivity index is 1.51. The Kier molecular flexibility index (Phi) is 10.0. The highest BCUT2D eigenvalue weighted by Gasteiger charge is 2.54. The Labute approximate surface area is 258 Å². The van der Waals surface area contributed by atoms with Crippen molar-refractivity contribution in [1.29, 1.82) is 0 Å². The van der Waals surface area contributed by atoms with Gasteiger partial charge in [-0.1, -0.05) is 39.9 Å². The van der Waals surface area contributed by atoms with Gasteiger partial charge >= 0.3 is 5.97 Å². The van der Waals surface area contributed by atoms with E-state index in [4.69, 9.17) is 28.8 Å². The Morgan fingerprint density at radius 1 is 1.36 bits per heavy atom. The van der Waals surface area contributed by atoms with Gasteiger partial charge in [0.05, 0.1) is 0 Å². The van der Waals surface area contributed by atoms with Crippen LogP contribution >= 0.6 is 58.2 Å². The van der Waals surface area contributed by atoms with Crippen molar-refractivity contribution >= 4 is 99.2 Å². The van der Waals surface area contributed by atoms with Crippen LogP contribution in [-0.4, -0.2) is 90.1 Å². The molecule has 3 atom stereocenters. The van der Waals surface area contributed by atoms with E-state index in [0.717, 1.165) is 28.0 Å². The van der Waals surface area contributed by atoms with E-state index in [2.05, 4.69) is 30.7 Å². The number of guanidine groups is 1. The number of carboxylic acids is 1. The number of carboxylic acid groups (broad SMARTS) is 1. The molecule has 0 aromatic carbocycles. The van der Waals surface area contributed by atoms with Gasteiger partial charge in [-0.3, -0.25) is 24.3 Å². The molecule has 10 N–H and O–H groups in total. The lowest BCUT2D eigenvalue weighted by Crippen LogP contribution is -2.71. The zero-order valence-corrected chi connectivity index (χ0v) is 25.0. The number of aliphatic carboxylic acids is 1. The third-order valence-electron chi connectivity index (χ3n) is 5.51. The number of aliphatic imine (C=N–C) groups is 1. The number of nitrogen functional groups attached to an aromatic ring is 1. The van der Waals surface area contributed by atoms with Crippen LogP contribution in [0.5, 0.6) is 0 Å². The molecule has 222 valence electrons. The minimum atomic E-state index is -1.32. The van der Waals surface area contributed by atoms with Gasteiger partial charge in [0.1, 0.15) is 33.3 Å². The molecule has 21 heteroatoms. The molecule has 42 heavy (non-hydrogen) atoms. The van der Waals surface area contributed by atoms with Crippen molar-refractivity contribution in [3.8, 4) is 0 Å². The van der Waals surface area contributed by atoms with Gasteiger partial charge in [-0.2, -0.15) is 0 Å². The second-order valence-electron chi connectivity index (χ2n) is 8.15. The van der Waals surface area contributed by atoms with Gasteiger partial charge in [0.15, 0.2) is 16.8 Å². The zero-order chi connectivity index (χ0) is 30.6. The normalized spacial score (nSPS) is 18.9. The first kappa shape index (κ1) is 31.2. The molecule has 2 aliphatic rings. The van der Waals surface area contributed by atoms with E-state index in [1.807, 2.05) is 0 Å². The summed E-state index contributed by atoms with van der Waals surface area (Å²) in [6, 6.07) is 0.589. The fourth-order valence-corrected chi connectivity index (χ4v) is 8.33. The van der Waals surface area contributed by atoms with Gasteiger partial charge in [-0.05, 0) is 6.07 Å². The molecule has 2 aromatic heterocycles. The van der Waals surface area contributed by atoms with E-state index in [1.165, 1.54) is 29.7 Å². The number of nitrogens with zero attached hydrogens (tertiary/aromatic N) is 5. The maximum atomic E-state index is 13.1. The molecule has 2 aromatic rings. The number of carbonyl (C=O) groups excluding carboxylic acids is 3. The maximum Gasteiger partial charge on any atom is 0.353 e. The summed E-state index contributed by atoms with van der Waals surface area (Å²) in [4.78, 5) is 63.9. The van der Waals surface area contributed by atoms with Crippen LogP contribution < -0.4 is 27.8 Å². The second-order valence-corrected chi connectivity index (χ2v) is 13.1. The molecular weight excluding hydrogens is 652 g/mol. The van der Waals surface area contributed by atoms with Crippen LogP contribution in [0.2, 0.25) is 4.34 Å². The number of nitrogens with one attached hydrogen (secondary N) is 2. The summed E-state index contributed by atoms with van der Waals surface area (Å²) < 4.78 is 0.0159. The molecule has 0 spiro atoms. The zero-order valence-electron chi connectivity index (χ0n) is 21.0. The number of carbonyl (C=O) groups is 4. The number of thiazole rings is 1. The van der Waals surface area contributed by atoms with Crippen LogP contribution in [0, 0.1) is 0 Å². The number of fused-ring (bicyclic) bond motifs is 1. The van der Waals surface area contributed by atoms with Crippen LogP contribution in [0.1, 0.15) is 5.69 Å². The molecule has 0 bridgehead atoms. The molecule has 4 heterocycles. The number of oxime groups is 1. The molecule has 16 nitrogen and oxygen atoms in total. The minimum Gasteiger partial charge on any atom is -0.477 e. The van der Waals surface area contributed by atoms with Gasteiger partial charge in [-0.15, -0.1) is 23.5 Å². The van der Waals surface area contributed by atoms with Crippen molar-refractivity contribution in [1.82, 2.24) is 25.5 Å². The molecule has 1 saturated heterocycles. The molecule has 0 aliphatic carbocycles. The van der Waals surface area contributed by atoms with Crippen LogP contribution in [-0.2, 0) is 19.2 Å². The molecule has 4 rings (SSSR count). The predicted molar refractivity (Wildman–Crippen MR) is 159 cm³/mol. The first-order valence-electron chi connectivity index (χ1n) is 11.4. The monoisotopic (exact) mass is 672 g/mol. The van der Waals surface area contributed by atoms with Crippen molar-refractivity contribution in [2.45, 2.75) is 27.4 Å². The quantitative estimate of drug-likeness (QED) is 0.0295. The van der Waals surface area contributed by atoms with Crippen LogP contribution in [0.15, 0.2) is 49.0 Å². The van der Waals surface area contributed by atoms with Gasteiger partial charge in [0, 0.05) is 38.6 Å². The summed E-state index contributed by atoms with van der Waals surface area (Å²) in [6.45, 7) is 0. The first-order valence-corrected chi connectivity index (χ1v) is 15.5. The van der Waals surface area contributed by atoms with Gasteiger partial charge in [0.2, 0.25) is 6.41 Å². The summed E-state index contributed by atoms with van der Waals surface area (Å²) in [6.07, 6.45) is 2.87. The topological polar surface area (TPSA) is 265 Å². The van der Waals surface area contributed by atoms with Gasteiger partial charge < -0.3 is 38.1 Å². The SMILES string of the molecule is NC(N)=NC(CSc1cnccc1SC1=C(C(=O)O)N2C(=O)[C@@H](NC(=O)/C(=N\O)c3nc(N)sc3Cl)[C@@H]2SC1)NC=O. The molecule has 0 radical (unpaired) electrons. The Morgan fingerprint density at radius 3 is 2.74 bits per heavy atom. The van der Waals surface area contributed by atoms with Crippen molar-refractivity contribution in [3.63, 3.8) is 0 Å². The van der Waals surface area contributed by atoms with Gasteiger partial charge in [-0.25, -0.2) is 14.8 Å². The lowest BCUT2D eigenvalue weighted by molar-refractivity contribution is -0.150. The number of thioether (sulfide) groups is 3. The van der Waals surface area contributed by atoms with E-state index in [0.29, 0.717) is 21.1 Å². The number of rotatable bonds is 12. The third-order valence-corrected chi connectivity index (χ3v) is 10.5. The number of halogens is 1. The van der Waals surface area contributed by atoms with Crippen molar-refractivity contribution in [2.75, 3.05) is 17.2 Å². The molecular formula is C21H21ClN10O6S4. The predicted octanol–water partition coefficient (Wildman–Crippen LogP) is -0.122. The highest BCUT2D eigenvalue weighted by atomic mass is 35.5. The molecule has 0 saturated carbocycles. The van der Waals surface area contributed by atoms with Crippen LogP contribution in [0.25, 0.3) is 0 Å². The van der Waals surface area contributed by atoms with Crippen LogP contribution in [0.3, 0.4) is 0 Å². The molecule has 1 fully saturated rings. The lowest BCUT2D eigenvalue weighted by atomic mass is 10.0. The lowest BCUT2D eigenvalue weighted by Gasteiger charge is -2.49. The van der Waals surface area contributed by atoms with Crippen LogP contribution in [0.4, 0.5) is 5.13 Å². The highest BCUT2D eigenvalue weighted by molar-refractivity contribution is 8.07. The number of nitrogens with two attached hydrogens (primary N) is 3. The van der Waals surface area contributed by atoms with Crippen molar-refractivity contribution in [2.24, 2.45) is 21.6 Å². The fraction of sp³-hybridized carbons (Fsp3) is 0.238. The van der Waals surface area contributed by atoms with E-state index in [9.17, 15) is 29.5 Å². The smallest absolute Gasteiger partial charge is 0.353 e. The Bertz CT molecular complexity index is 1510. The molecule has 1 unspecified atom stereocenters. The molecule has 3 amide bonds. The number of anilines is 1. The van der Waals surface area contributed by atoms with Crippen molar-refractivity contribution < 1.29 is 29.5 Å². The number of amides is 3. The first-order chi connectivity index (χ1) is 20.0. The van der Waals surface area contributed by atoms with Gasteiger partial charge in [0.25, 0.3) is 11.8 Å². The van der Waals surface area contributed by atoms with E-state index < -0.39 is 41.1 Å². The summed E-state index contributed by atoms with van der Waals surface area (Å²) >= 11 is 10.6. The number of hydrogen-bond donors (Lipinski definition) is 7. The number of β-lactam (4-membered cyclic amide) rings is 1. The average molecular weight is 673 g/mol. The average Bonchev–Trinajstić information content (AvgIpc) is 3.27. The number of pyridine rings is 1. The Morgan fingerprint density at radius 2 is 2.12 bits per heavy atom. The molecule has 2 aliphatic heterocycles. The van der Waals surface area contributed by atoms with E-state index in [1.54, 1.807) is 12.3 Å². The van der Waals surface area contributed by atoms with E-state index in [-0.39, 0.29) is 38.3 Å². The Hall–Kier alpha value is -3.72. The standard InChI is InChI=1S/C21H21ClN10O6S4/c22-15-11(30-21(25)42-15)12(31-38)16(34)29-13-17(35)32-14(19(36)37)9(4-40-18(13)32)41-7-1-2-26-3-8(7)39-5-10(27-6-33)28-20(23)24/h1-3,6,10,13,18,38H,4-5H2,(H2,25,30)(H,27,33)(H,29,34)(H,36,37)(H4,23,24,28)/b31-12-/t10?,13-,18+/m1/s1. The number of hydrogen-bond acceptors (Lipinski definition) is 14. The minimum absolute atomic E-state index is 0.0159. The van der Waals surface area contributed by atoms with Crippen molar-refractivity contribution in [3.05, 3.63) is 39.1 Å². The summed E-state index contributed by atoms with van der Waals surface area (Å²) in [5, 5.41) is 26.7. The summed E-state index contributed by atoms with van der Waals surface area (Å²) in [7, 11) is 0. The highest BCUT2D eigenvalue weighted by Crippen LogP contribution is 2.46. The fourth-order valence-electron chi connectivity index (χ4n) is 3.78. The number of aromatic nitrogens is 2. The summed E-state index contributed by atoms with van der Waals surface area (Å²) in [5.41, 5.74) is 15.5. The van der Waals surface area contributed by atoms with E-state index >= 15 is 0 Å². The largest absolute Gasteiger partial charge is 0.477 e. The second kappa shape index (κ2) is 13.5. The summed E-state index contributed by atoms with van der Waals surface area (Å²) in [5.74, 6) is -2.67.